The molecule has 0 saturated carbocycles. The minimum Gasteiger partial charge on any atom is -0.140 e. The Bertz CT molecular complexity index is 3190. The molecule has 104 heavy (non-hydrogen) atoms. The molecule has 4 heterocycles. The van der Waals surface area contributed by atoms with Crippen LogP contribution < -0.4 is 0 Å². The number of terminal acetylenes is 2. The van der Waals surface area contributed by atoms with Crippen molar-refractivity contribution >= 4 is 61.5 Å². The Balaban J connectivity index is 0.000000378. The van der Waals surface area contributed by atoms with Crippen LogP contribution in [0.15, 0.2) is 72.8 Å². The van der Waals surface area contributed by atoms with Crippen molar-refractivity contribution < 1.29 is 0 Å². The predicted octanol–water partition coefficient (Wildman–Crippen LogP) is 33.7. The maximum absolute atomic E-state index is 6.13. The Kier molecular flexibility index (Phi) is 48.9. The Hall–Kier alpha value is -4.09. The molecule has 0 aliphatic carbocycles. The van der Waals surface area contributed by atoms with Gasteiger partial charge in [-0.3, -0.25) is 0 Å². The second-order valence-corrected chi connectivity index (χ2v) is 46.9. The monoisotopic (exact) mass is 1510 g/mol. The van der Waals surface area contributed by atoms with Gasteiger partial charge in [-0.15, -0.1) is 69.3 Å². The fourth-order valence-corrected chi connectivity index (χ4v) is 19.6. The van der Waals surface area contributed by atoms with Crippen LogP contribution in [0.4, 0.5) is 0 Å². The lowest BCUT2D eigenvalue weighted by Gasteiger charge is -2.13. The molecule has 0 amide bonds. The van der Waals surface area contributed by atoms with Crippen molar-refractivity contribution in [2.45, 2.75) is 401 Å². The fourth-order valence-electron chi connectivity index (χ4n) is 14.3. The Morgan fingerprint density at radius 3 is 0.577 bits per heavy atom. The molecular weight excluding hydrogens is 1360 g/mol. The van der Waals surface area contributed by atoms with E-state index >= 15 is 0 Å². The molecule has 0 saturated heterocycles. The van der Waals surface area contributed by atoms with E-state index < -0.39 is 16.1 Å². The van der Waals surface area contributed by atoms with E-state index in [2.05, 4.69) is 175 Å². The summed E-state index contributed by atoms with van der Waals surface area (Å²) in [6.07, 6.45) is 83.9. The summed E-state index contributed by atoms with van der Waals surface area (Å²) in [4.78, 5) is 11.1. The SMILES string of the molecule is C#Cc1c(-c2ccc(CCCCCCCCCCCCCC)s2)ccc(-c2ccc(CCCCCCCCCCCCCC)s2)c1C#C.CCCCCCCCCCCCCCc1ccc(-c2ccc(-c3ccc(CCCCCCCCCCCCCC)s3)c(C#C[Si](C)(C)C)c2C#C[Si](C)(C)C)s1. The van der Waals surface area contributed by atoms with Crippen LogP contribution in [0.25, 0.3) is 41.8 Å². The van der Waals surface area contributed by atoms with Gasteiger partial charge in [0, 0.05) is 83.5 Å². The van der Waals surface area contributed by atoms with Crippen molar-refractivity contribution in [3.8, 4) is 89.4 Å². The van der Waals surface area contributed by atoms with Crippen molar-refractivity contribution in [3.05, 3.63) is 115 Å². The van der Waals surface area contributed by atoms with Gasteiger partial charge in [0.1, 0.15) is 16.1 Å². The van der Waals surface area contributed by atoms with E-state index in [1.165, 1.54) is 371 Å². The molecule has 6 heteroatoms. The minimum atomic E-state index is -1.61. The molecule has 0 radical (unpaired) electrons. The van der Waals surface area contributed by atoms with Gasteiger partial charge in [0.05, 0.1) is 0 Å². The summed E-state index contributed by atoms with van der Waals surface area (Å²) in [5, 5.41) is 0. The molecular formula is C98H148S4Si2. The summed E-state index contributed by atoms with van der Waals surface area (Å²) in [5.74, 6) is 13.5. The average Bonchev–Trinajstić information content (AvgIpc) is 1.34. The first-order valence-corrected chi connectivity index (χ1v) is 53.7. The van der Waals surface area contributed by atoms with Crippen molar-refractivity contribution in [1.29, 1.82) is 0 Å². The Labute approximate surface area is 661 Å². The summed E-state index contributed by atoms with van der Waals surface area (Å²) < 4.78 is 0. The molecule has 0 unspecified atom stereocenters. The topological polar surface area (TPSA) is 0 Å². The maximum Gasteiger partial charge on any atom is 0.129 e. The minimum absolute atomic E-state index is 0.865. The van der Waals surface area contributed by atoms with Gasteiger partial charge in [0.25, 0.3) is 0 Å². The summed E-state index contributed by atoms with van der Waals surface area (Å²) in [5.41, 5.74) is 16.3. The zero-order valence-electron chi connectivity index (χ0n) is 68.5. The highest BCUT2D eigenvalue weighted by atomic mass is 32.1. The summed E-state index contributed by atoms with van der Waals surface area (Å²) in [6.45, 7) is 23.3. The molecule has 0 N–H and O–H groups in total. The van der Waals surface area contributed by atoms with E-state index in [0.29, 0.717) is 0 Å². The van der Waals surface area contributed by atoms with E-state index in [1.807, 2.05) is 45.3 Å². The van der Waals surface area contributed by atoms with Crippen LogP contribution in [0.3, 0.4) is 0 Å². The largest absolute Gasteiger partial charge is 0.140 e. The first-order valence-electron chi connectivity index (χ1n) is 43.4. The van der Waals surface area contributed by atoms with Gasteiger partial charge >= 0.3 is 0 Å². The zero-order valence-corrected chi connectivity index (χ0v) is 73.8. The number of hydrogen-bond donors (Lipinski definition) is 0. The van der Waals surface area contributed by atoms with Gasteiger partial charge in [-0.25, -0.2) is 0 Å². The van der Waals surface area contributed by atoms with Crippen molar-refractivity contribution in [2.24, 2.45) is 0 Å². The lowest BCUT2D eigenvalue weighted by atomic mass is 9.95. The lowest BCUT2D eigenvalue weighted by Crippen LogP contribution is -2.17. The quantitative estimate of drug-likeness (QED) is 0.0203. The molecule has 6 rings (SSSR count). The number of rotatable bonds is 56. The van der Waals surface area contributed by atoms with Crippen molar-refractivity contribution in [2.75, 3.05) is 0 Å². The first kappa shape index (κ1) is 90.5. The zero-order chi connectivity index (χ0) is 74.6. The molecule has 2 aromatic carbocycles. The van der Waals surface area contributed by atoms with Crippen LogP contribution in [0.5, 0.6) is 0 Å². The highest BCUT2D eigenvalue weighted by molar-refractivity contribution is 7.16. The third kappa shape index (κ3) is 38.8. The normalized spacial score (nSPS) is 11.5. The standard InChI is InChI=1S/C52H82S2Si2.C46H66S2/c1-9-11-13-15-17-19-21-23-25-27-29-31-33-45-35-39-51(53-45)49-37-38-50(48(42-44-56(6,7)8)47(49)41-43-55(3,4)5)52-40-36-46(54-52)34-32-30-28-26-24-22-20-18-16-14-12-10-2;1-5-9-11-13-15-17-19-21-23-25-27-29-31-39-33-37-45(47-39)43-35-36-44(42(8-4)41(43)7-3)46-38-34-40(48-46)32-30-28-26-24-22-20-18-16-14-12-10-6-2/h35-40H,9-34H2,1-8H3;3-4,33-38H,5-6,9-32H2,1-2H3. The third-order valence-electron chi connectivity index (χ3n) is 20.6. The van der Waals surface area contributed by atoms with Crippen molar-refractivity contribution in [3.63, 3.8) is 0 Å². The molecule has 572 valence electrons. The van der Waals surface area contributed by atoms with Gasteiger partial charge < -0.3 is 0 Å². The van der Waals surface area contributed by atoms with Gasteiger partial charge in [0.2, 0.25) is 0 Å². The van der Waals surface area contributed by atoms with Crippen LogP contribution in [0, 0.1) is 47.6 Å². The lowest BCUT2D eigenvalue weighted by molar-refractivity contribution is 0.544. The van der Waals surface area contributed by atoms with Gasteiger partial charge in [-0.2, -0.15) is 0 Å². The molecule has 0 fully saturated rings. The molecule has 0 spiro atoms. The van der Waals surface area contributed by atoms with Gasteiger partial charge in [0.15, 0.2) is 0 Å². The van der Waals surface area contributed by atoms with Crippen LogP contribution in [0.1, 0.15) is 378 Å². The van der Waals surface area contributed by atoms with E-state index in [0.717, 1.165) is 46.2 Å². The molecule has 0 aliphatic heterocycles. The van der Waals surface area contributed by atoms with Crippen LogP contribution >= 0.6 is 45.3 Å². The van der Waals surface area contributed by atoms with Crippen molar-refractivity contribution in [1.82, 2.24) is 0 Å². The summed E-state index contributed by atoms with van der Waals surface area (Å²) in [7, 11) is -3.22. The number of benzene rings is 2. The number of aryl methyl sites for hydroxylation is 4. The first-order chi connectivity index (χ1) is 50.7. The molecule has 0 nitrogen and oxygen atoms in total. The predicted molar refractivity (Wildman–Crippen MR) is 482 cm³/mol. The average molecular weight is 1510 g/mol. The summed E-state index contributed by atoms with van der Waals surface area (Å²) in [6, 6.07) is 27.7. The van der Waals surface area contributed by atoms with E-state index in [1.54, 1.807) is 0 Å². The number of thiophene rings is 4. The van der Waals surface area contributed by atoms with Crippen LogP contribution in [-0.2, 0) is 25.7 Å². The summed E-state index contributed by atoms with van der Waals surface area (Å²) >= 11 is 7.73. The molecule has 4 aromatic heterocycles. The second-order valence-electron chi connectivity index (χ2n) is 32.7. The Morgan fingerprint density at radius 1 is 0.231 bits per heavy atom. The molecule has 0 atom stereocenters. The number of unbranched alkanes of at least 4 members (excludes halogenated alkanes) is 44. The Morgan fingerprint density at radius 2 is 0.404 bits per heavy atom. The highest BCUT2D eigenvalue weighted by Crippen LogP contribution is 2.41. The maximum atomic E-state index is 6.13. The molecule has 0 bridgehead atoms. The third-order valence-corrected chi connectivity index (χ3v) is 27.1. The smallest absolute Gasteiger partial charge is 0.129 e. The van der Waals surface area contributed by atoms with Gasteiger partial charge in [-0.1, -0.05) is 397 Å². The molecule has 0 aliphatic rings. The van der Waals surface area contributed by atoms with Crippen LogP contribution in [0.2, 0.25) is 39.3 Å². The second kappa shape index (κ2) is 56.2. The fraction of sp³-hybridized carbons (Fsp3) is 0.633. The number of hydrogen-bond acceptors (Lipinski definition) is 4. The van der Waals surface area contributed by atoms with Crippen LogP contribution in [-0.4, -0.2) is 16.1 Å². The molecule has 6 aromatic rings. The van der Waals surface area contributed by atoms with E-state index in [-0.39, 0.29) is 0 Å². The van der Waals surface area contributed by atoms with E-state index in [9.17, 15) is 0 Å². The van der Waals surface area contributed by atoms with Gasteiger partial charge in [-0.05, 0) is 99.9 Å². The van der Waals surface area contributed by atoms with E-state index in [4.69, 9.17) is 12.8 Å². The highest BCUT2D eigenvalue weighted by Gasteiger charge is 2.21.